The Hall–Kier alpha value is -1.63. The zero-order valence-electron chi connectivity index (χ0n) is 9.01. The largest absolute Gasteiger partial charge is 0.325 e. The highest BCUT2D eigenvalue weighted by atomic mass is 16.2. The third-order valence-electron chi connectivity index (χ3n) is 1.47. The predicted octanol–water partition coefficient (Wildman–Crippen LogP) is -1.99. The van der Waals surface area contributed by atoms with Gasteiger partial charge < -0.3 is 21.7 Å². The number of carbonyl (C=O) groups is 3. The van der Waals surface area contributed by atoms with E-state index in [-0.39, 0.29) is 6.54 Å². The lowest BCUT2D eigenvalue weighted by Gasteiger charge is -2.33. The minimum atomic E-state index is -1.41. The van der Waals surface area contributed by atoms with Crippen molar-refractivity contribution in [1.29, 1.82) is 0 Å². The number of hydrogen-bond acceptors (Lipinski definition) is 4. The molecule has 0 fully saturated rings. The maximum Gasteiger partial charge on any atom is 0.220 e. The number of hydrogen-bond donors (Lipinski definition) is 4. The lowest BCUT2D eigenvalue weighted by Crippen LogP contribution is -2.73. The van der Waals surface area contributed by atoms with Crippen molar-refractivity contribution in [3.8, 4) is 0 Å². The van der Waals surface area contributed by atoms with E-state index in [1.165, 1.54) is 20.8 Å². The van der Waals surface area contributed by atoms with Gasteiger partial charge in [-0.2, -0.15) is 0 Å². The van der Waals surface area contributed by atoms with Crippen LogP contribution in [0.15, 0.2) is 0 Å². The third-order valence-corrected chi connectivity index (χ3v) is 1.47. The van der Waals surface area contributed by atoms with Gasteiger partial charge >= 0.3 is 0 Å². The van der Waals surface area contributed by atoms with Crippen molar-refractivity contribution >= 4 is 17.7 Å². The average Bonchev–Trinajstić information content (AvgIpc) is 1.99. The van der Waals surface area contributed by atoms with Crippen LogP contribution in [0, 0.1) is 0 Å². The fourth-order valence-electron chi connectivity index (χ4n) is 1.15. The van der Waals surface area contributed by atoms with Gasteiger partial charge in [0.2, 0.25) is 23.5 Å². The number of amides is 3. The van der Waals surface area contributed by atoms with E-state index in [0.717, 1.165) is 0 Å². The van der Waals surface area contributed by atoms with Gasteiger partial charge in [-0.15, -0.1) is 0 Å². The summed E-state index contributed by atoms with van der Waals surface area (Å²) in [6.45, 7) is 3.63. The number of nitrogens with two attached hydrogens (primary N) is 1. The quantitative estimate of drug-likeness (QED) is 0.407. The molecule has 0 saturated heterocycles. The molecule has 0 aliphatic carbocycles. The molecular formula is C8H16N4O3. The molecule has 0 spiro atoms. The minimum absolute atomic E-state index is 0.147. The Morgan fingerprint density at radius 1 is 0.933 bits per heavy atom. The van der Waals surface area contributed by atoms with E-state index in [4.69, 9.17) is 5.73 Å². The summed E-state index contributed by atoms with van der Waals surface area (Å²) in [4.78, 5) is 32.7. The van der Waals surface area contributed by atoms with Gasteiger partial charge in [0.15, 0.2) is 0 Å². The van der Waals surface area contributed by atoms with Gasteiger partial charge in [0.05, 0.1) is 6.54 Å². The van der Waals surface area contributed by atoms with E-state index in [1.54, 1.807) is 0 Å². The minimum Gasteiger partial charge on any atom is -0.325 e. The first-order valence-electron chi connectivity index (χ1n) is 4.37. The maximum atomic E-state index is 10.9. The zero-order chi connectivity index (χ0) is 12.1. The highest BCUT2D eigenvalue weighted by Crippen LogP contribution is 1.93. The Balaban J connectivity index is 4.81. The molecule has 7 nitrogen and oxygen atoms in total. The summed E-state index contributed by atoms with van der Waals surface area (Å²) in [5.74, 6) is -2.65. The number of nitrogens with one attached hydrogen (secondary N) is 3. The van der Waals surface area contributed by atoms with Crippen molar-refractivity contribution in [2.75, 3.05) is 6.54 Å². The van der Waals surface area contributed by atoms with Crippen LogP contribution < -0.4 is 21.7 Å². The van der Waals surface area contributed by atoms with Crippen LogP contribution in [0.5, 0.6) is 0 Å². The monoisotopic (exact) mass is 216 g/mol. The van der Waals surface area contributed by atoms with Crippen molar-refractivity contribution in [3.05, 3.63) is 0 Å². The Labute approximate surface area is 87.8 Å². The van der Waals surface area contributed by atoms with Gasteiger partial charge in [0, 0.05) is 20.8 Å². The van der Waals surface area contributed by atoms with Crippen LogP contribution in [0.4, 0.5) is 0 Å². The third kappa shape index (κ3) is 4.96. The molecule has 0 radical (unpaired) electrons. The van der Waals surface area contributed by atoms with Crippen LogP contribution in [0.1, 0.15) is 20.8 Å². The Bertz CT molecular complexity index is 236. The molecule has 3 amide bonds. The molecule has 5 N–H and O–H groups in total. The maximum absolute atomic E-state index is 10.9. The van der Waals surface area contributed by atoms with Crippen LogP contribution in [0.25, 0.3) is 0 Å². The SMILES string of the molecule is CC(=O)NC(CN)(NC(C)=O)NC(C)=O. The standard InChI is InChI=1S/C8H16N4O3/c1-5(13)10-8(4-9,11-6(2)14)12-7(3)15/h4,9H2,1-3H3,(H,10,13)(H,11,14)(H,12,15). The second kappa shape index (κ2) is 5.30. The fourth-order valence-corrected chi connectivity index (χ4v) is 1.15. The molecule has 0 unspecified atom stereocenters. The molecule has 0 rings (SSSR count). The lowest BCUT2D eigenvalue weighted by atomic mass is 10.3. The fraction of sp³-hybridized carbons (Fsp3) is 0.625. The summed E-state index contributed by atoms with van der Waals surface area (Å²) in [7, 11) is 0. The Kier molecular flexibility index (Phi) is 4.72. The molecule has 0 heterocycles. The van der Waals surface area contributed by atoms with Crippen LogP contribution in [0.3, 0.4) is 0 Å². The molecule has 86 valence electrons. The normalized spacial score (nSPS) is 10.4. The van der Waals surface area contributed by atoms with E-state index >= 15 is 0 Å². The zero-order valence-corrected chi connectivity index (χ0v) is 9.01. The first kappa shape index (κ1) is 13.4. The smallest absolute Gasteiger partial charge is 0.220 e. The average molecular weight is 216 g/mol. The molecule has 0 atom stereocenters. The summed E-state index contributed by atoms with van der Waals surface area (Å²) in [5.41, 5.74) is 5.41. The first-order chi connectivity index (χ1) is 6.81. The van der Waals surface area contributed by atoms with Gasteiger partial charge in [-0.3, -0.25) is 14.4 Å². The van der Waals surface area contributed by atoms with Crippen LogP contribution >= 0.6 is 0 Å². The van der Waals surface area contributed by atoms with E-state index in [1.807, 2.05) is 0 Å². The molecule has 7 heteroatoms. The molecule has 0 aliphatic rings. The van der Waals surface area contributed by atoms with Gasteiger partial charge in [0.25, 0.3) is 0 Å². The van der Waals surface area contributed by atoms with Gasteiger partial charge in [-0.1, -0.05) is 0 Å². The molecule has 15 heavy (non-hydrogen) atoms. The Morgan fingerprint density at radius 3 is 1.33 bits per heavy atom. The lowest BCUT2D eigenvalue weighted by molar-refractivity contribution is -0.128. The van der Waals surface area contributed by atoms with Crippen molar-refractivity contribution in [2.45, 2.75) is 26.6 Å². The highest BCUT2D eigenvalue weighted by molar-refractivity contribution is 5.80. The van der Waals surface area contributed by atoms with Crippen LogP contribution in [-0.2, 0) is 14.4 Å². The molecule has 0 aliphatic heterocycles. The molecule has 0 bridgehead atoms. The Morgan fingerprint density at radius 2 is 1.20 bits per heavy atom. The molecule has 0 saturated carbocycles. The van der Waals surface area contributed by atoms with E-state index in [2.05, 4.69) is 16.0 Å². The van der Waals surface area contributed by atoms with E-state index < -0.39 is 23.5 Å². The van der Waals surface area contributed by atoms with Crippen molar-refractivity contribution in [2.24, 2.45) is 5.73 Å². The van der Waals surface area contributed by atoms with E-state index in [9.17, 15) is 14.4 Å². The first-order valence-corrected chi connectivity index (χ1v) is 4.37. The van der Waals surface area contributed by atoms with Gasteiger partial charge in [0.1, 0.15) is 0 Å². The van der Waals surface area contributed by atoms with Gasteiger partial charge in [-0.05, 0) is 0 Å². The summed E-state index contributed by atoms with van der Waals surface area (Å²) >= 11 is 0. The molecule has 0 aromatic heterocycles. The molecular weight excluding hydrogens is 200 g/mol. The summed E-state index contributed by atoms with van der Waals surface area (Å²) in [5, 5.41) is 7.13. The second-order valence-corrected chi connectivity index (χ2v) is 3.15. The summed E-state index contributed by atoms with van der Waals surface area (Å²) in [6, 6.07) is 0. The highest BCUT2D eigenvalue weighted by Gasteiger charge is 2.31. The van der Waals surface area contributed by atoms with Crippen LogP contribution in [-0.4, -0.2) is 30.1 Å². The summed E-state index contributed by atoms with van der Waals surface area (Å²) in [6.07, 6.45) is 0. The molecule has 0 aromatic carbocycles. The van der Waals surface area contributed by atoms with Gasteiger partial charge in [-0.25, -0.2) is 0 Å². The van der Waals surface area contributed by atoms with Crippen molar-refractivity contribution in [1.82, 2.24) is 16.0 Å². The van der Waals surface area contributed by atoms with Crippen molar-refractivity contribution < 1.29 is 14.4 Å². The molecule has 0 aromatic rings. The summed E-state index contributed by atoms with van der Waals surface area (Å²) < 4.78 is 0. The number of rotatable bonds is 4. The topological polar surface area (TPSA) is 113 Å². The van der Waals surface area contributed by atoms with Crippen molar-refractivity contribution in [3.63, 3.8) is 0 Å². The second-order valence-electron chi connectivity index (χ2n) is 3.15. The predicted molar refractivity (Wildman–Crippen MR) is 53.2 cm³/mol. The number of carbonyl (C=O) groups excluding carboxylic acids is 3. The van der Waals surface area contributed by atoms with E-state index in [0.29, 0.717) is 0 Å². The van der Waals surface area contributed by atoms with Crippen LogP contribution in [0.2, 0.25) is 0 Å².